The van der Waals surface area contributed by atoms with Crippen molar-refractivity contribution < 1.29 is 29.3 Å². The fourth-order valence-corrected chi connectivity index (χ4v) is 4.42. The number of unbranched alkanes of at least 4 members (excludes halogenated alkanes) is 9. The van der Waals surface area contributed by atoms with E-state index < -0.39 is 12.1 Å². The third-order valence-electron chi connectivity index (χ3n) is 5.02. The Bertz CT molecular complexity index is 622. The second-order valence-corrected chi connectivity index (χ2v) is 9.03. The first kappa shape index (κ1) is 27.1. The lowest BCUT2D eigenvalue weighted by Crippen LogP contribution is -2.09. The van der Waals surface area contributed by atoms with Crippen LogP contribution in [0.1, 0.15) is 84.0 Å². The lowest BCUT2D eigenvalue weighted by atomic mass is 10.1. The Morgan fingerprint density at radius 1 is 0.871 bits per heavy atom. The van der Waals surface area contributed by atoms with E-state index in [1.807, 2.05) is 31.2 Å². The molecule has 176 valence electrons. The second-order valence-electron chi connectivity index (χ2n) is 7.69. The molecule has 2 N–H and O–H groups in total. The molecule has 0 radical (unpaired) electrons. The standard InChI is InChI=1S/C24H38O6S/c1-2-20(19-23(25)26)31-22-16-12-11-15-21(22)29-17-13-9-7-5-3-4-6-8-10-14-18-30-24(27)28/h11-12,15-16,20H,2-10,13-14,17-19H2,1H3,(H,25,26)(H,27,28). The molecule has 0 aliphatic carbocycles. The molecule has 1 unspecified atom stereocenters. The zero-order chi connectivity index (χ0) is 22.7. The van der Waals surface area contributed by atoms with Crippen LogP contribution in [-0.2, 0) is 9.53 Å². The van der Waals surface area contributed by atoms with Crippen LogP contribution in [0.15, 0.2) is 29.2 Å². The highest BCUT2D eigenvalue weighted by molar-refractivity contribution is 8.00. The number of carboxylic acids is 1. The molecule has 0 amide bonds. The van der Waals surface area contributed by atoms with E-state index in [4.69, 9.17) is 14.9 Å². The van der Waals surface area contributed by atoms with Crippen LogP contribution in [0.5, 0.6) is 5.75 Å². The lowest BCUT2D eigenvalue weighted by Gasteiger charge is -2.15. The van der Waals surface area contributed by atoms with Crippen LogP contribution >= 0.6 is 11.8 Å². The van der Waals surface area contributed by atoms with Gasteiger partial charge in [0.25, 0.3) is 0 Å². The Balaban J connectivity index is 2.07. The Morgan fingerprint density at radius 3 is 1.97 bits per heavy atom. The van der Waals surface area contributed by atoms with Gasteiger partial charge >= 0.3 is 12.1 Å². The zero-order valence-corrected chi connectivity index (χ0v) is 19.5. The average molecular weight is 455 g/mol. The molecule has 0 saturated carbocycles. The molecule has 0 bridgehead atoms. The maximum Gasteiger partial charge on any atom is 0.505 e. The summed E-state index contributed by atoms with van der Waals surface area (Å²) in [6, 6.07) is 7.89. The maximum absolute atomic E-state index is 11.0. The summed E-state index contributed by atoms with van der Waals surface area (Å²) in [6.45, 7) is 3.01. The van der Waals surface area contributed by atoms with E-state index in [1.165, 1.54) is 32.1 Å². The van der Waals surface area contributed by atoms with Gasteiger partial charge in [-0.05, 0) is 31.4 Å². The van der Waals surface area contributed by atoms with Crippen LogP contribution in [0, 0.1) is 0 Å². The molecule has 0 fully saturated rings. The number of carbonyl (C=O) groups is 2. The Labute approximate surface area is 190 Å². The van der Waals surface area contributed by atoms with Gasteiger partial charge in [-0.3, -0.25) is 4.79 Å². The van der Waals surface area contributed by atoms with E-state index in [-0.39, 0.29) is 11.7 Å². The molecule has 31 heavy (non-hydrogen) atoms. The minimum absolute atomic E-state index is 0.0559. The summed E-state index contributed by atoms with van der Waals surface area (Å²) < 4.78 is 10.5. The molecule has 0 saturated heterocycles. The molecule has 1 aromatic carbocycles. The average Bonchev–Trinajstić information content (AvgIpc) is 2.74. The maximum atomic E-state index is 11.0. The normalized spacial score (nSPS) is 11.8. The van der Waals surface area contributed by atoms with Crippen LogP contribution in [0.25, 0.3) is 0 Å². The molecule has 7 heteroatoms. The first-order valence-electron chi connectivity index (χ1n) is 11.5. The zero-order valence-electron chi connectivity index (χ0n) is 18.7. The van der Waals surface area contributed by atoms with Crippen molar-refractivity contribution in [2.75, 3.05) is 13.2 Å². The second kappa shape index (κ2) is 17.8. The minimum atomic E-state index is -1.19. The Hall–Kier alpha value is -1.89. The number of carboxylic acid groups (broad SMARTS) is 2. The quantitative estimate of drug-likeness (QED) is 0.132. The van der Waals surface area contributed by atoms with Gasteiger partial charge in [0.2, 0.25) is 0 Å². The van der Waals surface area contributed by atoms with Crippen LogP contribution < -0.4 is 4.74 Å². The van der Waals surface area contributed by atoms with Crippen molar-refractivity contribution in [2.45, 2.75) is 94.1 Å². The number of benzene rings is 1. The highest BCUT2D eigenvalue weighted by atomic mass is 32.2. The summed E-state index contributed by atoms with van der Waals surface area (Å²) in [7, 11) is 0. The lowest BCUT2D eigenvalue weighted by molar-refractivity contribution is -0.137. The highest BCUT2D eigenvalue weighted by Crippen LogP contribution is 2.34. The highest BCUT2D eigenvalue weighted by Gasteiger charge is 2.15. The minimum Gasteiger partial charge on any atom is -0.492 e. The van der Waals surface area contributed by atoms with Gasteiger partial charge in [0.1, 0.15) is 5.75 Å². The van der Waals surface area contributed by atoms with Crippen LogP contribution in [-0.4, -0.2) is 40.8 Å². The van der Waals surface area contributed by atoms with Gasteiger partial charge in [-0.25, -0.2) is 4.79 Å². The van der Waals surface area contributed by atoms with E-state index in [9.17, 15) is 9.59 Å². The Morgan fingerprint density at radius 2 is 1.42 bits per heavy atom. The van der Waals surface area contributed by atoms with Crippen LogP contribution in [0.2, 0.25) is 0 Å². The molecular weight excluding hydrogens is 416 g/mol. The van der Waals surface area contributed by atoms with Crippen molar-refractivity contribution in [3.8, 4) is 5.75 Å². The SMILES string of the molecule is CCC(CC(=O)O)Sc1ccccc1OCCCCCCCCCCCCOC(=O)O. The van der Waals surface area contributed by atoms with E-state index in [1.54, 1.807) is 11.8 Å². The van der Waals surface area contributed by atoms with Gasteiger partial charge in [-0.15, -0.1) is 11.8 Å². The molecule has 1 rings (SSSR count). The van der Waals surface area contributed by atoms with Crippen molar-refractivity contribution in [3.63, 3.8) is 0 Å². The van der Waals surface area contributed by atoms with Crippen molar-refractivity contribution in [1.29, 1.82) is 0 Å². The fraction of sp³-hybridized carbons (Fsp3) is 0.667. The summed E-state index contributed by atoms with van der Waals surface area (Å²) in [5.41, 5.74) is 0. The third kappa shape index (κ3) is 14.7. The van der Waals surface area contributed by atoms with Gasteiger partial charge in [0.15, 0.2) is 0 Å². The van der Waals surface area contributed by atoms with Crippen LogP contribution in [0.3, 0.4) is 0 Å². The van der Waals surface area contributed by atoms with Gasteiger partial charge in [-0.2, -0.15) is 0 Å². The Kier molecular flexibility index (Phi) is 15.5. The van der Waals surface area contributed by atoms with Crippen molar-refractivity contribution in [1.82, 2.24) is 0 Å². The third-order valence-corrected chi connectivity index (χ3v) is 6.45. The molecule has 0 aromatic heterocycles. The fourth-order valence-electron chi connectivity index (χ4n) is 3.27. The van der Waals surface area contributed by atoms with Crippen molar-refractivity contribution >= 4 is 23.9 Å². The van der Waals surface area contributed by atoms with Gasteiger partial charge in [-0.1, -0.05) is 70.4 Å². The molecule has 0 heterocycles. The topological polar surface area (TPSA) is 93.1 Å². The summed E-state index contributed by atoms with van der Waals surface area (Å²) >= 11 is 1.59. The van der Waals surface area contributed by atoms with E-state index in [2.05, 4.69) is 4.74 Å². The number of rotatable bonds is 19. The first-order chi connectivity index (χ1) is 15.0. The number of hydrogen-bond donors (Lipinski definition) is 2. The van der Waals surface area contributed by atoms with Gasteiger partial charge < -0.3 is 19.7 Å². The monoisotopic (exact) mass is 454 g/mol. The predicted octanol–water partition coefficient (Wildman–Crippen LogP) is 7.01. The van der Waals surface area contributed by atoms with Crippen molar-refractivity contribution in [3.05, 3.63) is 24.3 Å². The predicted molar refractivity (Wildman–Crippen MR) is 124 cm³/mol. The van der Waals surface area contributed by atoms with E-state index in [0.29, 0.717) is 13.2 Å². The first-order valence-corrected chi connectivity index (χ1v) is 12.4. The smallest absolute Gasteiger partial charge is 0.492 e. The molecular formula is C24H38O6S. The molecule has 0 aliphatic rings. The molecule has 0 aliphatic heterocycles. The van der Waals surface area contributed by atoms with Crippen molar-refractivity contribution in [2.24, 2.45) is 0 Å². The number of hydrogen-bond acceptors (Lipinski definition) is 5. The van der Waals surface area contributed by atoms with Gasteiger partial charge in [0.05, 0.1) is 19.6 Å². The molecule has 6 nitrogen and oxygen atoms in total. The number of para-hydroxylation sites is 1. The number of thioether (sulfide) groups is 1. The number of ether oxygens (including phenoxy) is 2. The summed E-state index contributed by atoms with van der Waals surface area (Å²) in [5, 5.41) is 17.5. The number of aliphatic carboxylic acids is 1. The van der Waals surface area contributed by atoms with Gasteiger partial charge in [0, 0.05) is 10.1 Å². The molecule has 1 aromatic rings. The summed E-state index contributed by atoms with van der Waals surface area (Å²) in [4.78, 5) is 22.2. The van der Waals surface area contributed by atoms with E-state index >= 15 is 0 Å². The molecule has 0 spiro atoms. The molecule has 1 atom stereocenters. The summed E-state index contributed by atoms with van der Waals surface area (Å²) in [6.07, 6.45) is 11.1. The van der Waals surface area contributed by atoms with E-state index in [0.717, 1.165) is 49.2 Å². The summed E-state index contributed by atoms with van der Waals surface area (Å²) in [5.74, 6) is 0.0909. The largest absolute Gasteiger partial charge is 0.505 e. The van der Waals surface area contributed by atoms with Crippen LogP contribution in [0.4, 0.5) is 4.79 Å².